The summed E-state index contributed by atoms with van der Waals surface area (Å²) in [6, 6.07) is 4.78. The summed E-state index contributed by atoms with van der Waals surface area (Å²) >= 11 is 0. The molecular weight excluding hydrogens is 416 g/mol. The van der Waals surface area contributed by atoms with E-state index >= 15 is 0 Å². The molecule has 7 nitrogen and oxygen atoms in total. The molecule has 0 aromatic heterocycles. The van der Waals surface area contributed by atoms with E-state index in [0.717, 1.165) is 51.4 Å². The van der Waals surface area contributed by atoms with Crippen molar-refractivity contribution in [1.29, 1.82) is 0 Å². The minimum absolute atomic E-state index is 0.0580. The van der Waals surface area contributed by atoms with Crippen LogP contribution in [0.4, 0.5) is 0 Å². The quantitative estimate of drug-likeness (QED) is 0.675. The number of carbonyl (C=O) groups excluding carboxylic acids is 2. The van der Waals surface area contributed by atoms with Gasteiger partial charge in [0.25, 0.3) is 0 Å². The van der Waals surface area contributed by atoms with Gasteiger partial charge >= 0.3 is 0 Å². The molecule has 3 aliphatic rings. The Hall–Kier alpha value is -1.93. The number of methoxy groups -OCH3 is 1. The van der Waals surface area contributed by atoms with Gasteiger partial charge in [-0.05, 0) is 62.1 Å². The monoisotopic (exact) mass is 448 g/mol. The van der Waals surface area contributed by atoms with Crippen LogP contribution in [0.3, 0.4) is 0 Å². The second kappa shape index (κ2) is 8.90. The summed E-state index contributed by atoms with van der Waals surface area (Å²) in [5.41, 5.74) is 0.610. The first kappa shape index (κ1) is 22.3. The minimum atomic E-state index is -3.79. The van der Waals surface area contributed by atoms with Gasteiger partial charge in [0.05, 0.1) is 25.5 Å². The number of hydrogen-bond acceptors (Lipinski definition) is 5. The zero-order valence-electron chi connectivity index (χ0n) is 18.3. The van der Waals surface area contributed by atoms with Crippen LogP contribution in [0, 0.1) is 17.8 Å². The smallest absolute Gasteiger partial charge is 0.244 e. The van der Waals surface area contributed by atoms with Crippen molar-refractivity contribution < 1.29 is 22.7 Å². The molecule has 0 spiro atoms. The van der Waals surface area contributed by atoms with E-state index in [0.29, 0.717) is 11.5 Å². The second-order valence-electron chi connectivity index (χ2n) is 9.32. The lowest BCUT2D eigenvalue weighted by Gasteiger charge is -2.27. The van der Waals surface area contributed by atoms with Crippen molar-refractivity contribution in [2.75, 3.05) is 7.11 Å². The van der Waals surface area contributed by atoms with Crippen LogP contribution in [0.15, 0.2) is 23.1 Å². The van der Waals surface area contributed by atoms with Gasteiger partial charge in [0.1, 0.15) is 10.6 Å². The van der Waals surface area contributed by atoms with Crippen LogP contribution in [-0.2, 0) is 26.2 Å². The van der Waals surface area contributed by atoms with Crippen molar-refractivity contribution in [2.45, 2.75) is 75.8 Å². The predicted octanol–water partition coefficient (Wildman–Crippen LogP) is 3.23. The van der Waals surface area contributed by atoms with Gasteiger partial charge in [-0.15, -0.1) is 0 Å². The number of carbonyl (C=O) groups is 2. The molecule has 1 heterocycles. The average Bonchev–Trinajstić information content (AvgIpc) is 3.00. The Balaban J connectivity index is 1.55. The lowest BCUT2D eigenvalue weighted by atomic mass is 9.81. The summed E-state index contributed by atoms with van der Waals surface area (Å²) in [6.07, 6.45) is 7.13. The SMILES string of the molecule is COc1ccc(CN2C(=O)C3CCCCC3C2=O)cc1S(=O)(=O)NC1CCC(C)CC1. The molecule has 1 aromatic rings. The zero-order chi connectivity index (χ0) is 22.2. The standard InChI is InChI=1S/C23H32N2O5S/c1-15-7-10-17(11-8-15)24-31(28,29)21-13-16(9-12-20(21)30-2)14-25-22(26)18-5-3-4-6-19(18)23(25)27/h9,12-13,15,17-19,24H,3-8,10-11,14H2,1-2H3. The van der Waals surface area contributed by atoms with E-state index in [1.165, 1.54) is 18.1 Å². The highest BCUT2D eigenvalue weighted by Gasteiger charge is 2.48. The highest BCUT2D eigenvalue weighted by Crippen LogP contribution is 2.39. The Morgan fingerprint density at radius 1 is 1.00 bits per heavy atom. The molecule has 4 rings (SSSR count). The van der Waals surface area contributed by atoms with Crippen molar-refractivity contribution in [3.05, 3.63) is 23.8 Å². The number of amides is 2. The first-order valence-corrected chi connectivity index (χ1v) is 12.8. The molecule has 2 amide bonds. The fourth-order valence-corrected chi connectivity index (χ4v) is 6.78. The number of likely N-dealkylation sites (tertiary alicyclic amines) is 1. The van der Waals surface area contributed by atoms with E-state index in [4.69, 9.17) is 4.74 Å². The number of hydrogen-bond donors (Lipinski definition) is 1. The minimum Gasteiger partial charge on any atom is -0.495 e. The molecule has 1 aromatic carbocycles. The molecule has 3 fully saturated rings. The van der Waals surface area contributed by atoms with E-state index in [-0.39, 0.29) is 46.9 Å². The molecule has 2 saturated carbocycles. The van der Waals surface area contributed by atoms with Gasteiger partial charge in [-0.1, -0.05) is 25.8 Å². The van der Waals surface area contributed by atoms with Crippen molar-refractivity contribution in [2.24, 2.45) is 17.8 Å². The first-order chi connectivity index (χ1) is 14.8. The maximum Gasteiger partial charge on any atom is 0.244 e. The summed E-state index contributed by atoms with van der Waals surface area (Å²) < 4.78 is 34.4. The van der Waals surface area contributed by atoms with Gasteiger partial charge in [0.15, 0.2) is 0 Å². The van der Waals surface area contributed by atoms with Crippen LogP contribution in [0.2, 0.25) is 0 Å². The predicted molar refractivity (Wildman–Crippen MR) is 116 cm³/mol. The molecule has 2 atom stereocenters. The summed E-state index contributed by atoms with van der Waals surface area (Å²) in [5, 5.41) is 0. The van der Waals surface area contributed by atoms with Gasteiger partial charge in [-0.3, -0.25) is 14.5 Å². The molecule has 8 heteroatoms. The van der Waals surface area contributed by atoms with Gasteiger partial charge in [0, 0.05) is 6.04 Å². The summed E-state index contributed by atoms with van der Waals surface area (Å²) in [4.78, 5) is 27.0. The Labute approximate surface area is 184 Å². The van der Waals surface area contributed by atoms with E-state index in [9.17, 15) is 18.0 Å². The van der Waals surface area contributed by atoms with E-state index in [2.05, 4.69) is 11.6 Å². The number of ether oxygens (including phenoxy) is 1. The highest BCUT2D eigenvalue weighted by atomic mass is 32.2. The molecule has 0 bridgehead atoms. The number of benzene rings is 1. The largest absolute Gasteiger partial charge is 0.495 e. The maximum atomic E-state index is 13.1. The molecule has 2 unspecified atom stereocenters. The lowest BCUT2D eigenvalue weighted by molar-refractivity contribution is -0.140. The summed E-state index contributed by atoms with van der Waals surface area (Å²) in [7, 11) is -2.35. The maximum absolute atomic E-state index is 13.1. The zero-order valence-corrected chi connectivity index (χ0v) is 19.1. The number of nitrogens with one attached hydrogen (secondary N) is 1. The molecule has 2 aliphatic carbocycles. The lowest BCUT2D eigenvalue weighted by Crippen LogP contribution is -2.37. The molecule has 1 aliphatic heterocycles. The average molecular weight is 449 g/mol. The normalized spacial score (nSPS) is 29.2. The summed E-state index contributed by atoms with van der Waals surface area (Å²) in [6.45, 7) is 2.28. The van der Waals surface area contributed by atoms with Gasteiger partial charge in [0.2, 0.25) is 21.8 Å². The van der Waals surface area contributed by atoms with Crippen LogP contribution in [0.5, 0.6) is 5.75 Å². The number of imide groups is 1. The van der Waals surface area contributed by atoms with Crippen LogP contribution >= 0.6 is 0 Å². The van der Waals surface area contributed by atoms with E-state index in [1.807, 2.05) is 0 Å². The molecule has 170 valence electrons. The molecule has 1 N–H and O–H groups in total. The molecule has 0 radical (unpaired) electrons. The van der Waals surface area contributed by atoms with Gasteiger partial charge < -0.3 is 4.74 Å². The van der Waals surface area contributed by atoms with Crippen molar-refractivity contribution in [3.63, 3.8) is 0 Å². The number of sulfonamides is 1. The van der Waals surface area contributed by atoms with Crippen molar-refractivity contribution >= 4 is 21.8 Å². The molecule has 31 heavy (non-hydrogen) atoms. The van der Waals surface area contributed by atoms with Crippen molar-refractivity contribution in [3.8, 4) is 5.75 Å². The Morgan fingerprint density at radius 3 is 2.19 bits per heavy atom. The van der Waals surface area contributed by atoms with E-state index < -0.39 is 10.0 Å². The number of nitrogens with zero attached hydrogens (tertiary/aromatic N) is 1. The fraction of sp³-hybridized carbons (Fsp3) is 0.652. The third-order valence-corrected chi connectivity index (χ3v) is 8.67. The Bertz CT molecular complexity index is 929. The Morgan fingerprint density at radius 2 is 1.61 bits per heavy atom. The van der Waals surface area contributed by atoms with Crippen LogP contribution < -0.4 is 9.46 Å². The van der Waals surface area contributed by atoms with Crippen LogP contribution in [-0.4, -0.2) is 38.3 Å². The fourth-order valence-electron chi connectivity index (χ4n) is 5.26. The highest BCUT2D eigenvalue weighted by molar-refractivity contribution is 7.89. The van der Waals surface area contributed by atoms with Gasteiger partial charge in [-0.25, -0.2) is 13.1 Å². The topological polar surface area (TPSA) is 92.8 Å². The Kier molecular flexibility index (Phi) is 6.40. The number of fused-ring (bicyclic) bond motifs is 1. The van der Waals surface area contributed by atoms with Gasteiger partial charge in [-0.2, -0.15) is 0 Å². The molecular formula is C23H32N2O5S. The van der Waals surface area contributed by atoms with E-state index in [1.54, 1.807) is 12.1 Å². The summed E-state index contributed by atoms with van der Waals surface area (Å²) in [5.74, 6) is 0.218. The second-order valence-corrected chi connectivity index (χ2v) is 11.0. The third kappa shape index (κ3) is 4.51. The molecule has 1 saturated heterocycles. The first-order valence-electron chi connectivity index (χ1n) is 11.3. The van der Waals surface area contributed by atoms with Crippen LogP contribution in [0.1, 0.15) is 63.9 Å². The van der Waals surface area contributed by atoms with Crippen molar-refractivity contribution in [1.82, 2.24) is 9.62 Å². The third-order valence-electron chi connectivity index (χ3n) is 7.13. The number of rotatable bonds is 6. The van der Waals surface area contributed by atoms with Crippen LogP contribution in [0.25, 0.3) is 0 Å².